The summed E-state index contributed by atoms with van der Waals surface area (Å²) in [5.74, 6) is -0.211. The van der Waals surface area contributed by atoms with Crippen LogP contribution in [0.25, 0.3) is 0 Å². The molecule has 0 amide bonds. The fourth-order valence-corrected chi connectivity index (χ4v) is 5.04. The van der Waals surface area contributed by atoms with Crippen LogP contribution in [0.2, 0.25) is 0 Å². The summed E-state index contributed by atoms with van der Waals surface area (Å²) < 4.78 is 18.6. The summed E-state index contributed by atoms with van der Waals surface area (Å²) in [7, 11) is 0. The standard InChI is InChI=1S/C22H28O3S/c1-3-5-15-22(4-2)16-25-26(24)19-14-10-9-13-18(19)20(21(22)23)17-11-7-6-8-12-17/h6-14,20-21,23H,3-5,15-16H2,1-2H3/t20-,21-,22+,26?/m0/s1. The van der Waals surface area contributed by atoms with Gasteiger partial charge in [0.25, 0.3) is 0 Å². The van der Waals surface area contributed by atoms with Gasteiger partial charge >= 0.3 is 0 Å². The van der Waals surface area contributed by atoms with Crippen LogP contribution in [-0.2, 0) is 15.3 Å². The molecule has 1 aliphatic rings. The highest BCUT2D eigenvalue weighted by atomic mass is 32.2. The Bertz CT molecular complexity index is 746. The van der Waals surface area contributed by atoms with Crippen LogP contribution < -0.4 is 0 Å². The van der Waals surface area contributed by atoms with Gasteiger partial charge in [-0.05, 0) is 30.0 Å². The quantitative estimate of drug-likeness (QED) is 0.818. The normalized spacial score (nSPS) is 28.8. The topological polar surface area (TPSA) is 46.5 Å². The van der Waals surface area contributed by atoms with Crippen molar-refractivity contribution in [3.8, 4) is 0 Å². The molecule has 4 heteroatoms. The van der Waals surface area contributed by atoms with Crippen molar-refractivity contribution in [3.05, 3.63) is 65.7 Å². The number of aliphatic hydroxyl groups is 1. The molecule has 0 radical (unpaired) electrons. The largest absolute Gasteiger partial charge is 0.391 e. The maximum absolute atomic E-state index is 12.8. The Morgan fingerprint density at radius 1 is 1.12 bits per heavy atom. The third kappa shape index (κ3) is 3.64. The molecular weight excluding hydrogens is 344 g/mol. The predicted octanol–water partition coefficient (Wildman–Crippen LogP) is 4.82. The van der Waals surface area contributed by atoms with Crippen molar-refractivity contribution in [2.45, 2.75) is 56.4 Å². The van der Waals surface area contributed by atoms with E-state index in [0.29, 0.717) is 11.5 Å². The van der Waals surface area contributed by atoms with Gasteiger partial charge in [-0.3, -0.25) is 4.18 Å². The van der Waals surface area contributed by atoms with Gasteiger partial charge in [0.05, 0.1) is 17.6 Å². The van der Waals surface area contributed by atoms with Crippen molar-refractivity contribution in [1.29, 1.82) is 0 Å². The molecule has 0 spiro atoms. The molecular formula is C22H28O3S. The third-order valence-electron chi connectivity index (χ3n) is 5.72. The number of hydrogen-bond acceptors (Lipinski definition) is 3. The van der Waals surface area contributed by atoms with E-state index in [1.807, 2.05) is 42.5 Å². The van der Waals surface area contributed by atoms with Gasteiger partial charge in [0, 0.05) is 11.3 Å². The first kappa shape index (κ1) is 19.3. The van der Waals surface area contributed by atoms with Gasteiger partial charge < -0.3 is 5.11 Å². The molecule has 0 fully saturated rings. The lowest BCUT2D eigenvalue weighted by atomic mass is 9.68. The molecule has 2 aromatic rings. The van der Waals surface area contributed by atoms with Crippen LogP contribution in [0.1, 0.15) is 56.6 Å². The molecule has 1 heterocycles. The van der Waals surface area contributed by atoms with E-state index < -0.39 is 22.6 Å². The summed E-state index contributed by atoms with van der Waals surface area (Å²) >= 11 is -1.52. The number of rotatable bonds is 5. The molecule has 3 nitrogen and oxygen atoms in total. The molecule has 0 aliphatic carbocycles. The number of unbranched alkanes of at least 4 members (excludes halogenated alkanes) is 1. The van der Waals surface area contributed by atoms with E-state index in [2.05, 4.69) is 26.0 Å². The minimum atomic E-state index is -1.52. The van der Waals surface area contributed by atoms with E-state index in [9.17, 15) is 9.32 Å². The minimum absolute atomic E-state index is 0.211. The van der Waals surface area contributed by atoms with E-state index in [1.165, 1.54) is 0 Å². The van der Waals surface area contributed by atoms with Gasteiger partial charge in [-0.2, -0.15) is 0 Å². The Morgan fingerprint density at radius 2 is 1.81 bits per heavy atom. The number of benzene rings is 2. The average molecular weight is 373 g/mol. The van der Waals surface area contributed by atoms with Gasteiger partial charge in [-0.15, -0.1) is 0 Å². The first-order chi connectivity index (χ1) is 12.6. The van der Waals surface area contributed by atoms with Crippen LogP contribution in [0, 0.1) is 5.41 Å². The van der Waals surface area contributed by atoms with Gasteiger partial charge in [0.2, 0.25) is 0 Å². The number of fused-ring (bicyclic) bond motifs is 1. The first-order valence-corrected chi connectivity index (χ1v) is 10.6. The lowest BCUT2D eigenvalue weighted by Crippen LogP contribution is -2.44. The summed E-state index contributed by atoms with van der Waals surface area (Å²) in [5, 5.41) is 11.6. The van der Waals surface area contributed by atoms with E-state index in [4.69, 9.17) is 4.18 Å². The second-order valence-corrected chi connectivity index (χ2v) is 8.33. The molecule has 0 saturated heterocycles. The molecule has 1 unspecified atom stereocenters. The van der Waals surface area contributed by atoms with Crippen LogP contribution in [0.4, 0.5) is 0 Å². The Morgan fingerprint density at radius 3 is 2.50 bits per heavy atom. The van der Waals surface area contributed by atoms with Crippen molar-refractivity contribution in [2.75, 3.05) is 6.61 Å². The molecule has 4 atom stereocenters. The van der Waals surface area contributed by atoms with Gasteiger partial charge in [0.1, 0.15) is 0 Å². The smallest absolute Gasteiger partial charge is 0.189 e. The lowest BCUT2D eigenvalue weighted by Gasteiger charge is -2.43. The maximum atomic E-state index is 12.8. The predicted molar refractivity (Wildman–Crippen MR) is 105 cm³/mol. The molecule has 1 N–H and O–H groups in total. The van der Waals surface area contributed by atoms with Crippen molar-refractivity contribution in [3.63, 3.8) is 0 Å². The van der Waals surface area contributed by atoms with E-state index in [0.717, 1.165) is 36.8 Å². The summed E-state index contributed by atoms with van der Waals surface area (Å²) in [6, 6.07) is 17.7. The Hall–Kier alpha value is -1.49. The molecule has 1 aliphatic heterocycles. The van der Waals surface area contributed by atoms with E-state index >= 15 is 0 Å². The highest BCUT2D eigenvalue weighted by molar-refractivity contribution is 7.80. The SMILES string of the molecule is CCCC[C@]1(CC)COS(=O)c2ccccc2[C@H](c2ccccc2)[C@@H]1O. The summed E-state index contributed by atoms with van der Waals surface area (Å²) in [6.45, 7) is 4.57. The second-order valence-electron chi connectivity index (χ2n) is 7.19. The van der Waals surface area contributed by atoms with Crippen LogP contribution in [0.5, 0.6) is 0 Å². The summed E-state index contributed by atoms with van der Waals surface area (Å²) in [6.07, 6.45) is 3.13. The Balaban J connectivity index is 2.17. The van der Waals surface area contributed by atoms with E-state index in [-0.39, 0.29) is 5.92 Å². The highest BCUT2D eigenvalue weighted by Crippen LogP contribution is 2.45. The van der Waals surface area contributed by atoms with Crippen molar-refractivity contribution in [1.82, 2.24) is 0 Å². The van der Waals surface area contributed by atoms with Crippen molar-refractivity contribution < 1.29 is 13.5 Å². The Kier molecular flexibility index (Phi) is 6.28. The fourth-order valence-electron chi connectivity index (χ4n) is 3.99. The molecule has 0 bridgehead atoms. The Labute approximate surface area is 159 Å². The van der Waals surface area contributed by atoms with Crippen molar-refractivity contribution in [2.24, 2.45) is 5.41 Å². The summed E-state index contributed by atoms with van der Waals surface area (Å²) in [5.41, 5.74) is 1.55. The fraction of sp³-hybridized carbons (Fsp3) is 0.455. The molecule has 140 valence electrons. The zero-order valence-corrected chi connectivity index (χ0v) is 16.4. The van der Waals surface area contributed by atoms with Crippen LogP contribution >= 0.6 is 0 Å². The zero-order chi connectivity index (χ0) is 18.6. The van der Waals surface area contributed by atoms with Gasteiger partial charge in [0.15, 0.2) is 11.1 Å². The molecule has 0 aromatic heterocycles. The van der Waals surface area contributed by atoms with Crippen LogP contribution in [0.3, 0.4) is 0 Å². The molecule has 2 aromatic carbocycles. The van der Waals surface area contributed by atoms with Crippen LogP contribution in [-0.4, -0.2) is 22.0 Å². The lowest BCUT2D eigenvalue weighted by molar-refractivity contribution is -0.0295. The highest BCUT2D eigenvalue weighted by Gasteiger charge is 2.44. The average Bonchev–Trinajstić information content (AvgIpc) is 2.69. The van der Waals surface area contributed by atoms with Gasteiger partial charge in [-0.25, -0.2) is 4.21 Å². The summed E-state index contributed by atoms with van der Waals surface area (Å²) in [4.78, 5) is 0.667. The molecule has 0 saturated carbocycles. The third-order valence-corrected chi connectivity index (χ3v) is 6.78. The number of aliphatic hydroxyl groups excluding tert-OH is 1. The maximum Gasteiger partial charge on any atom is 0.189 e. The second kappa shape index (κ2) is 8.47. The van der Waals surface area contributed by atoms with E-state index in [1.54, 1.807) is 0 Å². The minimum Gasteiger partial charge on any atom is -0.391 e. The monoisotopic (exact) mass is 372 g/mol. The van der Waals surface area contributed by atoms with Gasteiger partial charge in [-0.1, -0.05) is 75.2 Å². The zero-order valence-electron chi connectivity index (χ0n) is 15.6. The first-order valence-electron chi connectivity index (χ1n) is 9.50. The molecule has 26 heavy (non-hydrogen) atoms. The molecule has 3 rings (SSSR count). The number of hydrogen-bond donors (Lipinski definition) is 1. The van der Waals surface area contributed by atoms with Crippen molar-refractivity contribution >= 4 is 11.1 Å². The van der Waals surface area contributed by atoms with Crippen LogP contribution in [0.15, 0.2) is 59.5 Å².